The van der Waals surface area contributed by atoms with Crippen LogP contribution in [0.25, 0.3) is 0 Å². The zero-order valence-corrected chi connectivity index (χ0v) is 30.4. The lowest BCUT2D eigenvalue weighted by Gasteiger charge is -2.25. The second-order valence-corrected chi connectivity index (χ2v) is 15.1. The van der Waals surface area contributed by atoms with E-state index in [1.807, 2.05) is 13.0 Å². The maximum absolute atomic E-state index is 11.6. The zero-order valence-electron chi connectivity index (χ0n) is 30.4. The molecule has 0 radical (unpaired) electrons. The van der Waals surface area contributed by atoms with E-state index in [0.717, 1.165) is 121 Å². The summed E-state index contributed by atoms with van der Waals surface area (Å²) in [5, 5.41) is 21.6. The first-order chi connectivity index (χ1) is 23.4. The van der Waals surface area contributed by atoms with Gasteiger partial charge in [-0.05, 0) is 96.5 Å². The summed E-state index contributed by atoms with van der Waals surface area (Å²) in [6, 6.07) is 0. The van der Waals surface area contributed by atoms with Gasteiger partial charge in [0.1, 0.15) is 6.10 Å². The Bertz CT molecular complexity index is 1000. The van der Waals surface area contributed by atoms with Crippen LogP contribution in [0.1, 0.15) is 174 Å². The number of carbonyl (C=O) groups excluding carboxylic acids is 1. The smallest absolute Gasteiger partial charge is 0.334 e. The van der Waals surface area contributed by atoms with E-state index in [0.29, 0.717) is 0 Å². The third-order valence-corrected chi connectivity index (χ3v) is 11.0. The zero-order chi connectivity index (χ0) is 34.0. The normalized spacial score (nSPS) is 29.9. The molecule has 4 aliphatic heterocycles. The largest absolute Gasteiger partial charge is 0.455 e. The third-order valence-electron chi connectivity index (χ3n) is 11.0. The minimum atomic E-state index is -0.424. The minimum Gasteiger partial charge on any atom is -0.455 e. The molecule has 4 heterocycles. The van der Waals surface area contributed by atoms with Crippen LogP contribution in [0, 0.1) is 11.8 Å². The molecule has 274 valence electrons. The van der Waals surface area contributed by atoms with Gasteiger partial charge in [0.25, 0.3) is 0 Å². The van der Waals surface area contributed by atoms with Crippen LogP contribution in [0.15, 0.2) is 11.6 Å². The Hall–Kier alpha value is -1.43. The fourth-order valence-electron chi connectivity index (χ4n) is 8.03. The average molecular weight is 673 g/mol. The van der Waals surface area contributed by atoms with Gasteiger partial charge in [0.15, 0.2) is 0 Å². The highest BCUT2D eigenvalue weighted by molar-refractivity contribution is 5.90. The first kappa shape index (κ1) is 39.4. The number of hydrogen-bond acceptors (Lipinski definition) is 7. The van der Waals surface area contributed by atoms with Crippen LogP contribution in [0.5, 0.6) is 0 Å². The summed E-state index contributed by atoms with van der Waals surface area (Å²) in [4.78, 5) is 11.6. The number of aliphatic hydroxyl groups is 2. The molecule has 0 spiro atoms. The van der Waals surface area contributed by atoms with Gasteiger partial charge in [0.05, 0.1) is 48.8 Å². The minimum absolute atomic E-state index is 0.0507. The highest BCUT2D eigenvalue weighted by atomic mass is 16.6. The first-order valence-corrected chi connectivity index (χ1v) is 20.1. The summed E-state index contributed by atoms with van der Waals surface area (Å²) < 4.78 is 24.3. The number of carbonyl (C=O) groups is 1. The van der Waals surface area contributed by atoms with Crippen LogP contribution in [0.2, 0.25) is 0 Å². The van der Waals surface area contributed by atoms with E-state index in [9.17, 15) is 15.0 Å². The fourth-order valence-corrected chi connectivity index (χ4v) is 8.03. The van der Waals surface area contributed by atoms with Gasteiger partial charge in [-0.25, -0.2) is 4.79 Å². The molecule has 4 aliphatic rings. The maximum Gasteiger partial charge on any atom is 0.334 e. The van der Waals surface area contributed by atoms with Gasteiger partial charge in [-0.15, -0.1) is 11.8 Å². The van der Waals surface area contributed by atoms with E-state index >= 15 is 0 Å². The van der Waals surface area contributed by atoms with E-state index in [-0.39, 0.29) is 54.8 Å². The molecule has 0 amide bonds. The molecule has 0 aromatic heterocycles. The van der Waals surface area contributed by atoms with E-state index in [1.54, 1.807) is 0 Å². The molecule has 2 N–H and O–H groups in total. The molecule has 4 rings (SSSR count). The van der Waals surface area contributed by atoms with Gasteiger partial charge in [-0.1, -0.05) is 71.1 Å². The Kier molecular flexibility index (Phi) is 18.4. The van der Waals surface area contributed by atoms with E-state index < -0.39 is 6.10 Å². The van der Waals surface area contributed by atoms with Gasteiger partial charge >= 0.3 is 5.97 Å². The molecule has 0 bridgehead atoms. The Morgan fingerprint density at radius 1 is 0.646 bits per heavy atom. The highest BCUT2D eigenvalue weighted by Gasteiger charge is 2.43. The van der Waals surface area contributed by atoms with Crippen LogP contribution in [-0.2, 0) is 23.7 Å². The molecule has 0 aromatic carbocycles. The van der Waals surface area contributed by atoms with Crippen LogP contribution >= 0.6 is 0 Å². The number of cyclic esters (lactones) is 1. The summed E-state index contributed by atoms with van der Waals surface area (Å²) in [5.74, 6) is 6.46. The van der Waals surface area contributed by atoms with E-state index in [4.69, 9.17) is 18.9 Å². The van der Waals surface area contributed by atoms with Crippen molar-refractivity contribution in [3.05, 3.63) is 11.6 Å². The molecular formula is C41H68O7. The van der Waals surface area contributed by atoms with E-state index in [2.05, 4.69) is 18.8 Å². The standard InChI is InChI=1S/C41H68O7/c1-3-4-5-6-7-13-16-19-22-33(42)35-24-26-37(46-35)39-28-29-40(48-39)38-27-25-36(47-38)34(43)23-20-17-14-11-9-8-10-12-15-18-21-32-30-31(2)45-41(32)44/h30-31,33-40,42-43H,3-8,10,12-29H2,1-2H3/t31-,33+,34+,35+,36+,37+,38+,39+,40+/m0/s1. The number of ether oxygens (including phenoxy) is 4. The molecule has 7 nitrogen and oxygen atoms in total. The van der Waals surface area contributed by atoms with Gasteiger partial charge in [-0.2, -0.15) is 0 Å². The van der Waals surface area contributed by atoms with Crippen LogP contribution in [0.3, 0.4) is 0 Å². The molecule has 48 heavy (non-hydrogen) atoms. The highest BCUT2D eigenvalue weighted by Crippen LogP contribution is 2.37. The predicted octanol–water partition coefficient (Wildman–Crippen LogP) is 8.66. The lowest BCUT2D eigenvalue weighted by molar-refractivity contribution is -0.139. The number of aliphatic hydroxyl groups excluding tert-OH is 2. The number of hydrogen-bond donors (Lipinski definition) is 2. The van der Waals surface area contributed by atoms with E-state index in [1.165, 1.54) is 44.9 Å². The molecule has 0 unspecified atom stereocenters. The van der Waals surface area contributed by atoms with Gasteiger partial charge in [-0.3, -0.25) is 0 Å². The van der Waals surface area contributed by atoms with Crippen molar-refractivity contribution in [2.24, 2.45) is 0 Å². The summed E-state index contributed by atoms with van der Waals surface area (Å²) in [6.45, 7) is 4.16. The lowest BCUT2D eigenvalue weighted by Crippen LogP contribution is -2.34. The number of unbranched alkanes of at least 4 members (excludes halogenated alkanes) is 13. The van der Waals surface area contributed by atoms with Crippen LogP contribution in [0.4, 0.5) is 0 Å². The number of esters is 1. The molecule has 0 aromatic rings. The van der Waals surface area contributed by atoms with Crippen molar-refractivity contribution in [1.82, 2.24) is 0 Å². The second-order valence-electron chi connectivity index (χ2n) is 15.1. The molecule has 3 saturated heterocycles. The molecule has 0 aliphatic carbocycles. The fraction of sp³-hybridized carbons (Fsp3) is 0.878. The predicted molar refractivity (Wildman–Crippen MR) is 191 cm³/mol. The van der Waals surface area contributed by atoms with Crippen molar-refractivity contribution in [2.75, 3.05) is 0 Å². The summed E-state index contributed by atoms with van der Waals surface area (Å²) >= 11 is 0. The van der Waals surface area contributed by atoms with Crippen molar-refractivity contribution in [3.63, 3.8) is 0 Å². The van der Waals surface area contributed by atoms with Crippen molar-refractivity contribution < 1.29 is 34.0 Å². The van der Waals surface area contributed by atoms with Gasteiger partial charge < -0.3 is 29.2 Å². The first-order valence-electron chi connectivity index (χ1n) is 20.1. The Morgan fingerprint density at radius 3 is 1.67 bits per heavy atom. The Labute approximate surface area is 292 Å². The second kappa shape index (κ2) is 22.4. The van der Waals surface area contributed by atoms with Crippen molar-refractivity contribution in [1.29, 1.82) is 0 Å². The Balaban J connectivity index is 0.981. The summed E-state index contributed by atoms with van der Waals surface area (Å²) in [6.07, 6.45) is 27.8. The van der Waals surface area contributed by atoms with Gasteiger partial charge in [0.2, 0.25) is 0 Å². The SMILES string of the molecule is CCCCCCCCCC[C@@H](O)[C@H]1CC[C@H]([C@H]2CC[C@H]([C@H]3CC[C@H]([C@H](O)CCCCC#CCCCCCCC4=C[C@H](C)OC4=O)O3)O2)O1. The maximum atomic E-state index is 11.6. The van der Waals surface area contributed by atoms with Crippen molar-refractivity contribution >= 4 is 5.97 Å². The molecule has 3 fully saturated rings. The molecule has 0 saturated carbocycles. The molecule has 7 heteroatoms. The summed E-state index contributed by atoms with van der Waals surface area (Å²) in [5.41, 5.74) is 0.841. The quantitative estimate of drug-likeness (QED) is 0.0637. The van der Waals surface area contributed by atoms with Crippen molar-refractivity contribution in [2.45, 2.75) is 229 Å². The molecular weight excluding hydrogens is 604 g/mol. The van der Waals surface area contributed by atoms with Gasteiger partial charge in [0, 0.05) is 18.4 Å². The Morgan fingerprint density at radius 2 is 1.10 bits per heavy atom. The number of rotatable bonds is 23. The van der Waals surface area contributed by atoms with Crippen LogP contribution in [-0.4, -0.2) is 71.1 Å². The third kappa shape index (κ3) is 13.7. The monoisotopic (exact) mass is 672 g/mol. The molecule has 9 atom stereocenters. The topological polar surface area (TPSA) is 94.5 Å². The van der Waals surface area contributed by atoms with Crippen molar-refractivity contribution in [3.8, 4) is 11.8 Å². The lowest BCUT2D eigenvalue weighted by atomic mass is 10.0. The average Bonchev–Trinajstić information content (AvgIpc) is 3.90. The van der Waals surface area contributed by atoms with Crippen LogP contribution < -0.4 is 0 Å². The summed E-state index contributed by atoms with van der Waals surface area (Å²) in [7, 11) is 0.